The lowest BCUT2D eigenvalue weighted by atomic mass is 10.2. The number of nitrogens with one attached hydrogen (secondary N) is 1. The van der Waals surface area contributed by atoms with Gasteiger partial charge < -0.3 is 9.73 Å². The van der Waals surface area contributed by atoms with Gasteiger partial charge in [-0.2, -0.15) is 0 Å². The minimum absolute atomic E-state index is 0.00824. The highest BCUT2D eigenvalue weighted by atomic mass is 16.4. The number of hydrogen-bond acceptors (Lipinski definition) is 3. The molecule has 0 unspecified atom stereocenters. The highest BCUT2D eigenvalue weighted by Gasteiger charge is 2.10. The molecule has 1 aromatic rings. The molecule has 0 aliphatic heterocycles. The van der Waals surface area contributed by atoms with Gasteiger partial charge in [-0.15, -0.1) is 0 Å². The van der Waals surface area contributed by atoms with Crippen LogP contribution in [-0.2, 0) is 11.2 Å². The lowest BCUT2D eigenvalue weighted by Gasteiger charge is -2.00. The van der Waals surface area contributed by atoms with Gasteiger partial charge in [-0.3, -0.25) is 4.79 Å². The van der Waals surface area contributed by atoms with E-state index in [9.17, 15) is 4.79 Å². The maximum absolute atomic E-state index is 11.3. The molecule has 0 aliphatic carbocycles. The van der Waals surface area contributed by atoms with Crippen LogP contribution in [0.2, 0.25) is 0 Å². The molecule has 1 aromatic heterocycles. The SMILES string of the molecule is CCCNC(=O)Cc1oc(C)nc1C. The summed E-state index contributed by atoms with van der Waals surface area (Å²) < 4.78 is 5.29. The first-order valence-electron chi connectivity index (χ1n) is 4.83. The number of nitrogens with zero attached hydrogens (tertiary/aromatic N) is 1. The van der Waals surface area contributed by atoms with E-state index in [4.69, 9.17) is 4.42 Å². The average molecular weight is 196 g/mol. The van der Waals surface area contributed by atoms with Crippen molar-refractivity contribution in [1.82, 2.24) is 10.3 Å². The predicted molar refractivity (Wildman–Crippen MR) is 53.0 cm³/mol. The fourth-order valence-corrected chi connectivity index (χ4v) is 1.21. The van der Waals surface area contributed by atoms with Gasteiger partial charge in [0.15, 0.2) is 5.89 Å². The standard InChI is InChI=1S/C10H16N2O2/c1-4-5-11-10(13)6-9-7(2)12-8(3)14-9/h4-6H2,1-3H3,(H,11,13). The maximum atomic E-state index is 11.3. The third-order valence-electron chi connectivity index (χ3n) is 1.89. The molecule has 1 amide bonds. The van der Waals surface area contributed by atoms with Gasteiger partial charge in [0.25, 0.3) is 0 Å². The lowest BCUT2D eigenvalue weighted by Crippen LogP contribution is -2.25. The molecule has 4 heteroatoms. The molecule has 0 saturated heterocycles. The zero-order valence-electron chi connectivity index (χ0n) is 8.89. The summed E-state index contributed by atoms with van der Waals surface area (Å²) in [5, 5.41) is 2.79. The van der Waals surface area contributed by atoms with Gasteiger partial charge >= 0.3 is 0 Å². The van der Waals surface area contributed by atoms with Crippen molar-refractivity contribution in [2.24, 2.45) is 0 Å². The van der Waals surface area contributed by atoms with Gasteiger partial charge in [-0.05, 0) is 13.3 Å². The third-order valence-corrected chi connectivity index (χ3v) is 1.89. The fourth-order valence-electron chi connectivity index (χ4n) is 1.21. The topological polar surface area (TPSA) is 55.1 Å². The van der Waals surface area contributed by atoms with Gasteiger partial charge in [0.2, 0.25) is 5.91 Å². The molecule has 0 aliphatic rings. The predicted octanol–water partition coefficient (Wildman–Crippen LogP) is 1.36. The smallest absolute Gasteiger partial charge is 0.227 e. The van der Waals surface area contributed by atoms with Gasteiger partial charge in [0, 0.05) is 13.5 Å². The van der Waals surface area contributed by atoms with Crippen LogP contribution in [0.4, 0.5) is 0 Å². The summed E-state index contributed by atoms with van der Waals surface area (Å²) in [4.78, 5) is 15.4. The number of carbonyl (C=O) groups is 1. The first-order valence-corrected chi connectivity index (χ1v) is 4.83. The van der Waals surface area contributed by atoms with E-state index >= 15 is 0 Å². The Morgan fingerprint density at radius 3 is 2.71 bits per heavy atom. The number of rotatable bonds is 4. The second-order valence-electron chi connectivity index (χ2n) is 3.27. The molecule has 1 N–H and O–H groups in total. The molecule has 4 nitrogen and oxygen atoms in total. The summed E-state index contributed by atoms with van der Waals surface area (Å²) in [6, 6.07) is 0. The van der Waals surface area contributed by atoms with E-state index in [1.54, 1.807) is 6.92 Å². The Morgan fingerprint density at radius 1 is 1.50 bits per heavy atom. The highest BCUT2D eigenvalue weighted by molar-refractivity contribution is 5.78. The van der Waals surface area contributed by atoms with Crippen LogP contribution in [-0.4, -0.2) is 17.4 Å². The first-order chi connectivity index (χ1) is 6.63. The average Bonchev–Trinajstić information content (AvgIpc) is 2.42. The van der Waals surface area contributed by atoms with E-state index in [0.717, 1.165) is 12.1 Å². The maximum Gasteiger partial charge on any atom is 0.227 e. The third kappa shape index (κ3) is 2.87. The summed E-state index contributed by atoms with van der Waals surface area (Å²) in [5.74, 6) is 1.27. The highest BCUT2D eigenvalue weighted by Crippen LogP contribution is 2.09. The van der Waals surface area contributed by atoms with Crippen LogP contribution >= 0.6 is 0 Å². The zero-order valence-corrected chi connectivity index (χ0v) is 8.89. The second-order valence-corrected chi connectivity index (χ2v) is 3.27. The van der Waals surface area contributed by atoms with Crippen LogP contribution in [0.15, 0.2) is 4.42 Å². The molecule has 0 spiro atoms. The van der Waals surface area contributed by atoms with Crippen molar-refractivity contribution >= 4 is 5.91 Å². The number of carbonyl (C=O) groups excluding carboxylic acids is 1. The molecule has 0 aromatic carbocycles. The summed E-state index contributed by atoms with van der Waals surface area (Å²) in [6.45, 7) is 6.36. The zero-order chi connectivity index (χ0) is 10.6. The van der Waals surface area contributed by atoms with E-state index in [-0.39, 0.29) is 12.3 Å². The molecule has 78 valence electrons. The number of amides is 1. The van der Waals surface area contributed by atoms with Crippen molar-refractivity contribution in [3.05, 3.63) is 17.3 Å². The number of hydrogen-bond donors (Lipinski definition) is 1. The van der Waals surface area contributed by atoms with Crippen LogP contribution in [0, 0.1) is 13.8 Å². The molecule has 0 fully saturated rings. The van der Waals surface area contributed by atoms with Crippen LogP contribution in [0.3, 0.4) is 0 Å². The van der Waals surface area contributed by atoms with E-state index in [1.807, 2.05) is 13.8 Å². The largest absolute Gasteiger partial charge is 0.445 e. The van der Waals surface area contributed by atoms with Crippen molar-refractivity contribution in [2.45, 2.75) is 33.6 Å². The van der Waals surface area contributed by atoms with Crippen LogP contribution in [0.1, 0.15) is 30.7 Å². The summed E-state index contributed by atoms with van der Waals surface area (Å²) in [5.41, 5.74) is 0.800. The van der Waals surface area contributed by atoms with Crippen LogP contribution < -0.4 is 5.32 Å². The van der Waals surface area contributed by atoms with Gasteiger partial charge in [0.1, 0.15) is 5.76 Å². The summed E-state index contributed by atoms with van der Waals surface area (Å²) in [7, 11) is 0. The molecule has 0 bridgehead atoms. The van der Waals surface area contributed by atoms with Crippen LogP contribution in [0.5, 0.6) is 0 Å². The quantitative estimate of drug-likeness (QED) is 0.791. The van der Waals surface area contributed by atoms with Gasteiger partial charge in [-0.1, -0.05) is 6.92 Å². The van der Waals surface area contributed by atoms with E-state index < -0.39 is 0 Å². The molecule has 1 heterocycles. The van der Waals surface area contributed by atoms with Crippen molar-refractivity contribution in [2.75, 3.05) is 6.54 Å². The van der Waals surface area contributed by atoms with Crippen molar-refractivity contribution in [1.29, 1.82) is 0 Å². The Kier molecular flexibility index (Phi) is 3.68. The molecule has 0 saturated carbocycles. The van der Waals surface area contributed by atoms with Crippen molar-refractivity contribution < 1.29 is 9.21 Å². The molecular weight excluding hydrogens is 180 g/mol. The van der Waals surface area contributed by atoms with Crippen molar-refractivity contribution in [3.8, 4) is 0 Å². The van der Waals surface area contributed by atoms with Crippen LogP contribution in [0.25, 0.3) is 0 Å². The molecule has 0 radical (unpaired) electrons. The Bertz CT molecular complexity index is 318. The molecule has 0 atom stereocenters. The number of oxazole rings is 1. The molecular formula is C10H16N2O2. The van der Waals surface area contributed by atoms with E-state index in [2.05, 4.69) is 10.3 Å². The van der Waals surface area contributed by atoms with E-state index in [0.29, 0.717) is 18.2 Å². The lowest BCUT2D eigenvalue weighted by molar-refractivity contribution is -0.120. The summed E-state index contributed by atoms with van der Waals surface area (Å²) >= 11 is 0. The fraction of sp³-hybridized carbons (Fsp3) is 0.600. The monoisotopic (exact) mass is 196 g/mol. The Morgan fingerprint density at radius 2 is 2.21 bits per heavy atom. The molecule has 14 heavy (non-hydrogen) atoms. The minimum atomic E-state index is -0.00824. The van der Waals surface area contributed by atoms with Gasteiger partial charge in [0.05, 0.1) is 12.1 Å². The number of aryl methyl sites for hydroxylation is 2. The van der Waals surface area contributed by atoms with E-state index in [1.165, 1.54) is 0 Å². The summed E-state index contributed by atoms with van der Waals surface area (Å²) in [6.07, 6.45) is 1.23. The Balaban J connectivity index is 2.51. The number of aromatic nitrogens is 1. The molecule has 1 rings (SSSR count). The Hall–Kier alpha value is -1.32. The second kappa shape index (κ2) is 4.79. The normalized spacial score (nSPS) is 10.2. The van der Waals surface area contributed by atoms with Gasteiger partial charge in [-0.25, -0.2) is 4.98 Å². The Labute approximate surface area is 83.7 Å². The minimum Gasteiger partial charge on any atom is -0.445 e. The van der Waals surface area contributed by atoms with Crippen molar-refractivity contribution in [3.63, 3.8) is 0 Å². The first kappa shape index (κ1) is 10.8.